The quantitative estimate of drug-likeness (QED) is 0.804. The number of hydrogen-bond acceptors (Lipinski definition) is 4. The minimum atomic E-state index is -3.61. The largest absolute Gasteiger partial charge is 0.480 e. The smallest absolute Gasteiger partial charge is 0.325 e. The molecule has 0 aliphatic heterocycles. The Morgan fingerprint density at radius 3 is 2.90 bits per heavy atom. The van der Waals surface area contributed by atoms with Crippen LogP contribution < -0.4 is 4.72 Å². The molecule has 1 heterocycles. The molecule has 7 nitrogen and oxygen atoms in total. The summed E-state index contributed by atoms with van der Waals surface area (Å²) in [7, 11) is -3.61. The van der Waals surface area contributed by atoms with E-state index in [-0.39, 0.29) is 11.4 Å². The first-order chi connectivity index (χ1) is 9.37. The van der Waals surface area contributed by atoms with Gasteiger partial charge in [-0.1, -0.05) is 13.3 Å². The molecule has 0 radical (unpaired) electrons. The Bertz CT molecular complexity index is 581. The van der Waals surface area contributed by atoms with Crippen molar-refractivity contribution in [2.75, 3.05) is 6.54 Å². The van der Waals surface area contributed by atoms with Crippen LogP contribution in [0.4, 0.5) is 0 Å². The molecule has 8 heteroatoms. The molecule has 0 amide bonds. The Hall–Kier alpha value is -1.41. The van der Waals surface area contributed by atoms with Crippen LogP contribution in [0.5, 0.6) is 0 Å². The van der Waals surface area contributed by atoms with Gasteiger partial charge in [0.1, 0.15) is 11.4 Å². The zero-order chi connectivity index (χ0) is 14.8. The van der Waals surface area contributed by atoms with Gasteiger partial charge in [-0.3, -0.25) is 9.48 Å². The van der Waals surface area contributed by atoms with E-state index in [0.29, 0.717) is 18.4 Å². The molecule has 1 aromatic heterocycles. The maximum atomic E-state index is 12.1. The summed E-state index contributed by atoms with van der Waals surface area (Å²) in [5.74, 6) is -0.0263. The molecule has 1 aliphatic carbocycles. The molecule has 1 saturated carbocycles. The van der Waals surface area contributed by atoms with Crippen LogP contribution in [0.25, 0.3) is 0 Å². The third-order valence-electron chi connectivity index (χ3n) is 3.58. The molecule has 1 fully saturated rings. The van der Waals surface area contributed by atoms with E-state index in [9.17, 15) is 13.2 Å². The predicted molar refractivity (Wildman–Crippen MR) is 71.6 cm³/mol. The van der Waals surface area contributed by atoms with Gasteiger partial charge >= 0.3 is 5.97 Å². The number of aliphatic carboxylic acids is 1. The number of nitrogens with zero attached hydrogens (tertiary/aromatic N) is 2. The van der Waals surface area contributed by atoms with E-state index < -0.39 is 16.0 Å². The van der Waals surface area contributed by atoms with Crippen LogP contribution in [-0.2, 0) is 21.4 Å². The minimum Gasteiger partial charge on any atom is -0.480 e. The molecule has 0 saturated heterocycles. The van der Waals surface area contributed by atoms with Crippen molar-refractivity contribution in [3.8, 4) is 0 Å². The maximum absolute atomic E-state index is 12.1. The summed E-state index contributed by atoms with van der Waals surface area (Å²) in [6, 6.07) is 0. The monoisotopic (exact) mass is 301 g/mol. The van der Waals surface area contributed by atoms with E-state index in [2.05, 4.69) is 16.7 Å². The molecular formula is C12H19N3O4S. The Morgan fingerprint density at radius 2 is 2.30 bits per heavy atom. The fourth-order valence-electron chi connectivity index (χ4n) is 2.53. The number of nitrogens with one attached hydrogen (secondary N) is 1. The number of carboxylic acids is 1. The summed E-state index contributed by atoms with van der Waals surface area (Å²) >= 11 is 0. The number of hydrogen-bond donors (Lipinski definition) is 2. The van der Waals surface area contributed by atoms with Crippen LogP contribution in [0.15, 0.2) is 17.3 Å². The fourth-order valence-corrected chi connectivity index (χ4v) is 3.60. The summed E-state index contributed by atoms with van der Waals surface area (Å²) in [5, 5.41) is 12.4. The van der Waals surface area contributed by atoms with Gasteiger partial charge in [0, 0.05) is 12.7 Å². The molecule has 20 heavy (non-hydrogen) atoms. The summed E-state index contributed by atoms with van der Waals surface area (Å²) < 4.78 is 27.8. The van der Waals surface area contributed by atoms with Crippen molar-refractivity contribution in [2.45, 2.75) is 37.6 Å². The third kappa shape index (κ3) is 3.80. The van der Waals surface area contributed by atoms with Crippen LogP contribution in [0, 0.1) is 11.8 Å². The first kappa shape index (κ1) is 15.0. The Kier molecular flexibility index (Phi) is 4.44. The molecule has 2 unspecified atom stereocenters. The topological polar surface area (TPSA) is 101 Å². The fraction of sp³-hybridized carbons (Fsp3) is 0.667. The highest BCUT2D eigenvalue weighted by molar-refractivity contribution is 7.89. The van der Waals surface area contributed by atoms with Crippen molar-refractivity contribution in [2.24, 2.45) is 11.8 Å². The maximum Gasteiger partial charge on any atom is 0.325 e. The summed E-state index contributed by atoms with van der Waals surface area (Å²) in [6.07, 6.45) is 5.63. The van der Waals surface area contributed by atoms with Crippen LogP contribution >= 0.6 is 0 Å². The van der Waals surface area contributed by atoms with Gasteiger partial charge < -0.3 is 5.11 Å². The van der Waals surface area contributed by atoms with Crippen molar-refractivity contribution in [3.63, 3.8) is 0 Å². The number of sulfonamides is 1. The zero-order valence-corrected chi connectivity index (χ0v) is 12.1. The van der Waals surface area contributed by atoms with Crippen molar-refractivity contribution in [1.29, 1.82) is 0 Å². The van der Waals surface area contributed by atoms with E-state index >= 15 is 0 Å². The van der Waals surface area contributed by atoms with Gasteiger partial charge in [-0.2, -0.15) is 5.10 Å². The molecule has 2 N–H and O–H groups in total. The second-order valence-corrected chi connectivity index (χ2v) is 7.17. The van der Waals surface area contributed by atoms with Crippen molar-refractivity contribution in [1.82, 2.24) is 14.5 Å². The van der Waals surface area contributed by atoms with Gasteiger partial charge in [0.15, 0.2) is 0 Å². The van der Waals surface area contributed by atoms with Gasteiger partial charge in [-0.25, -0.2) is 13.1 Å². The highest BCUT2D eigenvalue weighted by atomic mass is 32.2. The van der Waals surface area contributed by atoms with Crippen LogP contribution in [-0.4, -0.2) is 35.8 Å². The molecule has 112 valence electrons. The van der Waals surface area contributed by atoms with Gasteiger partial charge in [0.2, 0.25) is 10.0 Å². The van der Waals surface area contributed by atoms with Crippen molar-refractivity contribution < 1.29 is 18.3 Å². The van der Waals surface area contributed by atoms with Crippen molar-refractivity contribution >= 4 is 16.0 Å². The van der Waals surface area contributed by atoms with Gasteiger partial charge in [0.25, 0.3) is 0 Å². The van der Waals surface area contributed by atoms with Crippen LogP contribution in [0.3, 0.4) is 0 Å². The van der Waals surface area contributed by atoms with E-state index in [1.165, 1.54) is 12.4 Å². The lowest BCUT2D eigenvalue weighted by atomic mass is 10.1. The average molecular weight is 301 g/mol. The standard InChI is InChI=1S/C12H19N3O4S/c1-9-2-3-10(4-9)5-14-20(18,19)11-6-13-15(7-11)8-12(16)17/h6-7,9-10,14H,2-5,8H2,1H3,(H,16,17). The van der Waals surface area contributed by atoms with Gasteiger partial charge in [-0.05, 0) is 24.7 Å². The Labute approximate surface area is 118 Å². The highest BCUT2D eigenvalue weighted by Crippen LogP contribution is 2.29. The van der Waals surface area contributed by atoms with Gasteiger partial charge in [0.05, 0.1) is 6.20 Å². The first-order valence-electron chi connectivity index (χ1n) is 6.60. The molecular weight excluding hydrogens is 282 g/mol. The third-order valence-corrected chi connectivity index (χ3v) is 4.96. The highest BCUT2D eigenvalue weighted by Gasteiger charge is 2.24. The molecule has 0 bridgehead atoms. The van der Waals surface area contributed by atoms with Crippen LogP contribution in [0.1, 0.15) is 26.2 Å². The lowest BCUT2D eigenvalue weighted by molar-refractivity contribution is -0.137. The molecule has 0 spiro atoms. The van der Waals surface area contributed by atoms with Crippen LogP contribution in [0.2, 0.25) is 0 Å². The zero-order valence-electron chi connectivity index (χ0n) is 11.3. The summed E-state index contributed by atoms with van der Waals surface area (Å²) in [6.45, 7) is 2.25. The average Bonchev–Trinajstić information content (AvgIpc) is 2.95. The number of carboxylic acid groups (broad SMARTS) is 1. The Morgan fingerprint density at radius 1 is 1.55 bits per heavy atom. The first-order valence-corrected chi connectivity index (χ1v) is 8.09. The minimum absolute atomic E-state index is 0.00444. The lowest BCUT2D eigenvalue weighted by Gasteiger charge is -2.10. The number of aromatic nitrogens is 2. The summed E-state index contributed by atoms with van der Waals surface area (Å²) in [4.78, 5) is 10.5. The second kappa shape index (κ2) is 5.92. The van der Waals surface area contributed by atoms with Crippen molar-refractivity contribution in [3.05, 3.63) is 12.4 Å². The molecule has 0 aromatic carbocycles. The van der Waals surface area contributed by atoms with E-state index in [0.717, 1.165) is 23.9 Å². The lowest BCUT2D eigenvalue weighted by Crippen LogP contribution is -2.28. The second-order valence-electron chi connectivity index (χ2n) is 5.40. The molecule has 2 atom stereocenters. The molecule has 1 aromatic rings. The summed E-state index contributed by atoms with van der Waals surface area (Å²) in [5.41, 5.74) is 0. The normalized spacial score (nSPS) is 23.1. The molecule has 2 rings (SSSR count). The Balaban J connectivity index is 1.95. The SMILES string of the molecule is CC1CCC(CNS(=O)(=O)c2cnn(CC(=O)O)c2)C1. The van der Waals surface area contributed by atoms with E-state index in [1.54, 1.807) is 0 Å². The van der Waals surface area contributed by atoms with E-state index in [4.69, 9.17) is 5.11 Å². The number of carbonyl (C=O) groups is 1. The predicted octanol–water partition coefficient (Wildman–Crippen LogP) is 0.682. The molecule has 1 aliphatic rings. The van der Waals surface area contributed by atoms with E-state index in [1.807, 2.05) is 0 Å². The van der Waals surface area contributed by atoms with Gasteiger partial charge in [-0.15, -0.1) is 0 Å². The number of rotatable bonds is 6.